The molecule has 0 radical (unpaired) electrons. The first-order valence-electron chi connectivity index (χ1n) is 9.28. The van der Waals surface area contributed by atoms with E-state index in [1.165, 1.54) is 7.11 Å². The van der Waals surface area contributed by atoms with Gasteiger partial charge in [0.15, 0.2) is 11.5 Å². The minimum atomic E-state index is -1.26. The van der Waals surface area contributed by atoms with E-state index >= 15 is 0 Å². The molecule has 0 aromatic carbocycles. The zero-order valence-corrected chi connectivity index (χ0v) is 16.8. The predicted octanol–water partition coefficient (Wildman–Crippen LogP) is 0.747. The van der Waals surface area contributed by atoms with Crippen LogP contribution in [0.25, 0.3) is 5.65 Å². The van der Waals surface area contributed by atoms with Crippen molar-refractivity contribution in [1.82, 2.24) is 34.7 Å². The number of rotatable bonds is 6. The molecule has 1 aliphatic heterocycles. The molecule has 3 aromatic rings. The highest BCUT2D eigenvalue weighted by Gasteiger charge is 2.35. The number of amides is 1. The molecule has 0 aliphatic carbocycles. The summed E-state index contributed by atoms with van der Waals surface area (Å²) in [5.74, 6) is 0.717. The standard InChI is InChI=1S/C18H22FN9O2/c1-5-14(29)21-12-9-27(7-11(12)19)18-23-15(16-20-6-10(2)28(16)25-18)22-13-8-26(3)24-17(13)30-4/h5-6,8,11-12H,1,7,9H2,2-4H3,(H,21,29)(H,22,23,25). The summed E-state index contributed by atoms with van der Waals surface area (Å²) >= 11 is 0. The zero-order chi connectivity index (χ0) is 21.4. The van der Waals surface area contributed by atoms with Gasteiger partial charge in [0.05, 0.1) is 37.8 Å². The number of aryl methyl sites for hydroxylation is 2. The van der Waals surface area contributed by atoms with E-state index in [9.17, 15) is 9.18 Å². The van der Waals surface area contributed by atoms with Crippen molar-refractivity contribution in [2.45, 2.75) is 19.1 Å². The van der Waals surface area contributed by atoms with Crippen LogP contribution >= 0.6 is 0 Å². The number of aromatic nitrogens is 6. The SMILES string of the molecule is C=CC(=O)NC1CN(c2nc(Nc3cn(C)nc3OC)c3ncc(C)n3n2)CC1F. The highest BCUT2D eigenvalue weighted by Crippen LogP contribution is 2.28. The number of nitrogens with zero attached hydrogens (tertiary/aromatic N) is 7. The Hall–Kier alpha value is -3.70. The number of halogens is 1. The quantitative estimate of drug-likeness (QED) is 0.567. The molecule has 4 heterocycles. The van der Waals surface area contributed by atoms with Crippen molar-refractivity contribution in [2.24, 2.45) is 7.05 Å². The summed E-state index contributed by atoms with van der Waals surface area (Å²) in [6, 6.07) is -0.673. The molecular weight excluding hydrogens is 393 g/mol. The minimum Gasteiger partial charge on any atom is -0.478 e. The van der Waals surface area contributed by atoms with Crippen LogP contribution in [0.3, 0.4) is 0 Å². The number of ether oxygens (including phenoxy) is 1. The third-order valence-corrected chi connectivity index (χ3v) is 4.81. The maximum Gasteiger partial charge on any atom is 0.256 e. The summed E-state index contributed by atoms with van der Waals surface area (Å²) < 4.78 is 23.0. The van der Waals surface area contributed by atoms with E-state index in [1.54, 1.807) is 33.5 Å². The summed E-state index contributed by atoms with van der Waals surface area (Å²) in [6.07, 6.45) is 3.29. The molecular formula is C18H22FN9O2. The average Bonchev–Trinajstić information content (AvgIpc) is 3.39. The van der Waals surface area contributed by atoms with E-state index in [0.717, 1.165) is 11.8 Å². The Kier molecular flexibility index (Phi) is 4.98. The second-order valence-electron chi connectivity index (χ2n) is 6.99. The van der Waals surface area contributed by atoms with Crippen LogP contribution in [0.1, 0.15) is 5.69 Å². The molecule has 12 heteroatoms. The Bertz CT molecular complexity index is 1110. The van der Waals surface area contributed by atoms with Crippen LogP contribution in [0.15, 0.2) is 25.0 Å². The average molecular weight is 415 g/mol. The fraction of sp³-hybridized carbons (Fsp3) is 0.389. The number of carbonyl (C=O) groups excluding carboxylic acids is 1. The maximum absolute atomic E-state index is 14.5. The molecule has 1 amide bonds. The highest BCUT2D eigenvalue weighted by atomic mass is 19.1. The summed E-state index contributed by atoms with van der Waals surface area (Å²) in [4.78, 5) is 22.2. The number of methoxy groups -OCH3 is 1. The van der Waals surface area contributed by atoms with E-state index in [-0.39, 0.29) is 13.1 Å². The van der Waals surface area contributed by atoms with Gasteiger partial charge in [-0.05, 0) is 13.0 Å². The molecule has 3 aromatic heterocycles. The number of imidazole rings is 1. The first-order valence-corrected chi connectivity index (χ1v) is 9.28. The molecule has 11 nitrogen and oxygen atoms in total. The van der Waals surface area contributed by atoms with Gasteiger partial charge in [-0.1, -0.05) is 6.58 Å². The Morgan fingerprint density at radius 1 is 1.40 bits per heavy atom. The van der Waals surface area contributed by atoms with E-state index in [4.69, 9.17) is 4.74 Å². The molecule has 2 N–H and O–H groups in total. The van der Waals surface area contributed by atoms with Gasteiger partial charge in [0, 0.05) is 13.6 Å². The molecule has 0 saturated carbocycles. The third-order valence-electron chi connectivity index (χ3n) is 4.81. The van der Waals surface area contributed by atoms with Crippen molar-refractivity contribution in [3.05, 3.63) is 30.7 Å². The molecule has 0 spiro atoms. The van der Waals surface area contributed by atoms with Crippen molar-refractivity contribution >= 4 is 29.0 Å². The number of alkyl halides is 1. The van der Waals surface area contributed by atoms with Gasteiger partial charge in [-0.25, -0.2) is 13.9 Å². The van der Waals surface area contributed by atoms with Gasteiger partial charge in [-0.3, -0.25) is 9.48 Å². The minimum absolute atomic E-state index is 0.0526. The van der Waals surface area contributed by atoms with Gasteiger partial charge >= 0.3 is 0 Å². The lowest BCUT2D eigenvalue weighted by Crippen LogP contribution is -2.40. The molecule has 4 rings (SSSR count). The summed E-state index contributed by atoms with van der Waals surface area (Å²) in [5, 5.41) is 14.5. The van der Waals surface area contributed by atoms with Crippen molar-refractivity contribution in [1.29, 1.82) is 0 Å². The van der Waals surface area contributed by atoms with Gasteiger partial charge in [0.1, 0.15) is 11.9 Å². The Labute approximate surface area is 171 Å². The normalized spacial score (nSPS) is 18.6. The number of hydrogen-bond acceptors (Lipinski definition) is 8. The fourth-order valence-electron chi connectivity index (χ4n) is 3.34. The molecule has 30 heavy (non-hydrogen) atoms. The molecule has 1 saturated heterocycles. The maximum atomic E-state index is 14.5. The molecule has 1 aliphatic rings. The van der Waals surface area contributed by atoms with Gasteiger partial charge in [0.2, 0.25) is 11.9 Å². The Morgan fingerprint density at radius 3 is 2.93 bits per heavy atom. The number of hydrogen-bond donors (Lipinski definition) is 2. The van der Waals surface area contributed by atoms with Crippen LogP contribution in [-0.2, 0) is 11.8 Å². The van der Waals surface area contributed by atoms with Crippen molar-refractivity contribution < 1.29 is 13.9 Å². The first kappa shape index (κ1) is 19.6. The molecule has 1 fully saturated rings. The Balaban J connectivity index is 1.69. The summed E-state index contributed by atoms with van der Waals surface area (Å²) in [7, 11) is 3.30. The van der Waals surface area contributed by atoms with Gasteiger partial charge < -0.3 is 20.3 Å². The lowest BCUT2D eigenvalue weighted by molar-refractivity contribution is -0.117. The van der Waals surface area contributed by atoms with E-state index in [1.807, 2.05) is 6.92 Å². The number of carbonyl (C=O) groups is 1. The van der Waals surface area contributed by atoms with Crippen molar-refractivity contribution in [3.63, 3.8) is 0 Å². The largest absolute Gasteiger partial charge is 0.478 e. The van der Waals surface area contributed by atoms with Crippen LogP contribution in [0.4, 0.5) is 21.8 Å². The molecule has 2 unspecified atom stereocenters. The lowest BCUT2D eigenvalue weighted by atomic mass is 10.2. The van der Waals surface area contributed by atoms with Crippen molar-refractivity contribution in [2.75, 3.05) is 30.4 Å². The van der Waals surface area contributed by atoms with Gasteiger partial charge in [-0.2, -0.15) is 4.98 Å². The monoisotopic (exact) mass is 415 g/mol. The third kappa shape index (κ3) is 3.51. The van der Waals surface area contributed by atoms with Crippen molar-refractivity contribution in [3.8, 4) is 5.88 Å². The molecule has 158 valence electrons. The number of anilines is 3. The predicted molar refractivity (Wildman–Crippen MR) is 108 cm³/mol. The van der Waals surface area contributed by atoms with Crippen LogP contribution in [-0.4, -0.2) is 67.7 Å². The topological polar surface area (TPSA) is 115 Å². The van der Waals surface area contributed by atoms with Crippen LogP contribution < -0.4 is 20.3 Å². The van der Waals surface area contributed by atoms with E-state index < -0.39 is 18.1 Å². The smallest absolute Gasteiger partial charge is 0.256 e. The zero-order valence-electron chi connectivity index (χ0n) is 16.8. The second-order valence-corrected chi connectivity index (χ2v) is 6.99. The summed E-state index contributed by atoms with van der Waals surface area (Å²) in [5.41, 5.74) is 1.91. The lowest BCUT2D eigenvalue weighted by Gasteiger charge is -2.17. The number of fused-ring (bicyclic) bond motifs is 1. The van der Waals surface area contributed by atoms with E-state index in [0.29, 0.717) is 29.0 Å². The number of nitrogens with one attached hydrogen (secondary N) is 2. The van der Waals surface area contributed by atoms with Gasteiger partial charge in [0.25, 0.3) is 5.88 Å². The molecule has 0 bridgehead atoms. The summed E-state index contributed by atoms with van der Waals surface area (Å²) in [6.45, 7) is 5.55. The molecule has 2 atom stereocenters. The van der Waals surface area contributed by atoms with Gasteiger partial charge in [-0.15, -0.1) is 10.2 Å². The van der Waals surface area contributed by atoms with E-state index in [2.05, 4.69) is 37.4 Å². The van der Waals surface area contributed by atoms with Crippen LogP contribution in [0.5, 0.6) is 5.88 Å². The Morgan fingerprint density at radius 2 is 2.20 bits per heavy atom. The first-order chi connectivity index (χ1) is 14.4. The van der Waals surface area contributed by atoms with Crippen LogP contribution in [0, 0.1) is 6.92 Å². The second kappa shape index (κ2) is 7.61. The fourth-order valence-corrected chi connectivity index (χ4v) is 3.34. The van der Waals surface area contributed by atoms with Crippen LogP contribution in [0.2, 0.25) is 0 Å². The highest BCUT2D eigenvalue weighted by molar-refractivity contribution is 5.87.